The molecule has 2 amide bonds. The van der Waals surface area contributed by atoms with E-state index < -0.39 is 5.97 Å². The average molecular weight is 292 g/mol. The molecule has 1 saturated carbocycles. The molecule has 114 valence electrons. The average Bonchev–Trinajstić information content (AvgIpc) is 2.37. The van der Waals surface area contributed by atoms with Crippen molar-refractivity contribution in [3.8, 4) is 0 Å². The van der Waals surface area contributed by atoms with E-state index in [-0.39, 0.29) is 17.1 Å². The van der Waals surface area contributed by atoms with Gasteiger partial charge in [0.1, 0.15) is 0 Å². The van der Waals surface area contributed by atoms with Crippen LogP contribution in [0.3, 0.4) is 0 Å². The molecule has 1 aliphatic rings. The third-order valence-corrected chi connectivity index (χ3v) is 4.05. The first kappa shape index (κ1) is 15.2. The fourth-order valence-corrected chi connectivity index (χ4v) is 2.41. The van der Waals surface area contributed by atoms with E-state index >= 15 is 0 Å². The standard InChI is InChI=1S/C14H20N4O3/c1-18(2)14(4-3-5-14)9-16-13(21)17-11-6-10(12(19)20)7-15-8-11/h6-8H,3-5,9H2,1-2H3,(H,19,20)(H2,16,17,21). The van der Waals surface area contributed by atoms with E-state index in [1.54, 1.807) is 0 Å². The Balaban J connectivity index is 1.90. The van der Waals surface area contributed by atoms with Crippen molar-refractivity contribution in [2.45, 2.75) is 24.8 Å². The molecule has 7 heteroatoms. The molecule has 7 nitrogen and oxygen atoms in total. The SMILES string of the molecule is CN(C)C1(CNC(=O)Nc2cncc(C(=O)O)c2)CCC1. The van der Waals surface area contributed by atoms with Crippen LogP contribution in [0.15, 0.2) is 18.5 Å². The summed E-state index contributed by atoms with van der Waals surface area (Å²) in [6.07, 6.45) is 5.95. The predicted octanol–water partition coefficient (Wildman–Crippen LogP) is 1.39. The first-order chi connectivity index (χ1) is 9.93. The Morgan fingerprint density at radius 3 is 2.62 bits per heavy atom. The lowest BCUT2D eigenvalue weighted by Crippen LogP contribution is -2.57. The van der Waals surface area contributed by atoms with Crippen molar-refractivity contribution in [2.24, 2.45) is 0 Å². The zero-order valence-electron chi connectivity index (χ0n) is 12.2. The molecule has 0 aliphatic heterocycles. The molecule has 1 fully saturated rings. The molecule has 1 aromatic heterocycles. The highest BCUT2D eigenvalue weighted by Gasteiger charge is 2.39. The second-order valence-corrected chi connectivity index (χ2v) is 5.55. The van der Waals surface area contributed by atoms with Crippen molar-refractivity contribution < 1.29 is 14.7 Å². The first-order valence-electron chi connectivity index (χ1n) is 6.84. The molecule has 0 atom stereocenters. The third kappa shape index (κ3) is 3.49. The number of carbonyl (C=O) groups is 2. The number of aromatic carboxylic acids is 1. The second-order valence-electron chi connectivity index (χ2n) is 5.55. The number of nitrogens with zero attached hydrogens (tertiary/aromatic N) is 2. The predicted molar refractivity (Wildman–Crippen MR) is 78.5 cm³/mol. The van der Waals surface area contributed by atoms with Crippen molar-refractivity contribution >= 4 is 17.7 Å². The molecule has 1 aromatic rings. The van der Waals surface area contributed by atoms with Crippen LogP contribution in [0, 0.1) is 0 Å². The summed E-state index contributed by atoms with van der Waals surface area (Å²) in [5.41, 5.74) is 0.440. The fourth-order valence-electron chi connectivity index (χ4n) is 2.41. The zero-order chi connectivity index (χ0) is 15.5. The van der Waals surface area contributed by atoms with Gasteiger partial charge in [-0.3, -0.25) is 4.98 Å². The summed E-state index contributed by atoms with van der Waals surface area (Å²) < 4.78 is 0. The molecule has 21 heavy (non-hydrogen) atoms. The van der Waals surface area contributed by atoms with Gasteiger partial charge in [-0.1, -0.05) is 0 Å². The maximum absolute atomic E-state index is 11.9. The van der Waals surface area contributed by atoms with Crippen LogP contribution in [0.4, 0.5) is 10.5 Å². The number of carboxylic acids is 1. The van der Waals surface area contributed by atoms with Crippen LogP contribution in [0.25, 0.3) is 0 Å². The van der Waals surface area contributed by atoms with Crippen LogP contribution >= 0.6 is 0 Å². The largest absolute Gasteiger partial charge is 0.478 e. The van der Waals surface area contributed by atoms with Crippen LogP contribution in [-0.2, 0) is 0 Å². The smallest absolute Gasteiger partial charge is 0.337 e. The summed E-state index contributed by atoms with van der Waals surface area (Å²) in [5, 5.41) is 14.3. The van der Waals surface area contributed by atoms with E-state index in [2.05, 4.69) is 20.5 Å². The van der Waals surface area contributed by atoms with Crippen molar-refractivity contribution in [1.29, 1.82) is 0 Å². The summed E-state index contributed by atoms with van der Waals surface area (Å²) in [6.45, 7) is 0.567. The highest BCUT2D eigenvalue weighted by molar-refractivity contribution is 5.92. The molecule has 3 N–H and O–H groups in total. The Morgan fingerprint density at radius 2 is 2.10 bits per heavy atom. The van der Waals surface area contributed by atoms with Gasteiger partial charge in [0.25, 0.3) is 0 Å². The van der Waals surface area contributed by atoms with Gasteiger partial charge in [0, 0.05) is 18.3 Å². The van der Waals surface area contributed by atoms with Gasteiger partial charge >= 0.3 is 12.0 Å². The van der Waals surface area contributed by atoms with E-state index in [0.29, 0.717) is 12.2 Å². The lowest BCUT2D eigenvalue weighted by molar-refractivity contribution is 0.0630. The Hall–Kier alpha value is -2.15. The number of carboxylic acid groups (broad SMARTS) is 1. The van der Waals surface area contributed by atoms with Crippen molar-refractivity contribution in [2.75, 3.05) is 26.0 Å². The van der Waals surface area contributed by atoms with Gasteiger partial charge in [-0.25, -0.2) is 9.59 Å². The Bertz CT molecular complexity index is 541. The van der Waals surface area contributed by atoms with E-state index in [9.17, 15) is 9.59 Å². The minimum Gasteiger partial charge on any atom is -0.478 e. The number of anilines is 1. The Kier molecular flexibility index (Phi) is 4.42. The summed E-state index contributed by atoms with van der Waals surface area (Å²) in [4.78, 5) is 28.7. The van der Waals surface area contributed by atoms with Crippen LogP contribution in [0.1, 0.15) is 29.6 Å². The van der Waals surface area contributed by atoms with Crippen LogP contribution in [0.5, 0.6) is 0 Å². The van der Waals surface area contributed by atoms with Crippen molar-refractivity contribution in [3.63, 3.8) is 0 Å². The van der Waals surface area contributed by atoms with E-state index in [1.165, 1.54) is 24.9 Å². The summed E-state index contributed by atoms with van der Waals surface area (Å²) in [6, 6.07) is 1.02. The minimum atomic E-state index is -1.08. The molecule has 2 rings (SSSR count). The van der Waals surface area contributed by atoms with Gasteiger partial charge in [-0.15, -0.1) is 0 Å². The fraction of sp³-hybridized carbons (Fsp3) is 0.500. The maximum atomic E-state index is 11.9. The Morgan fingerprint density at radius 1 is 1.38 bits per heavy atom. The van der Waals surface area contributed by atoms with Gasteiger partial charge in [-0.2, -0.15) is 0 Å². The summed E-state index contributed by atoms with van der Waals surface area (Å²) in [5.74, 6) is -1.08. The van der Waals surface area contributed by atoms with Crippen LogP contribution in [0.2, 0.25) is 0 Å². The quantitative estimate of drug-likeness (QED) is 0.762. The highest BCUT2D eigenvalue weighted by atomic mass is 16.4. The lowest BCUT2D eigenvalue weighted by Gasteiger charge is -2.47. The molecule has 0 aromatic carbocycles. The van der Waals surface area contributed by atoms with E-state index in [0.717, 1.165) is 12.8 Å². The molecule has 1 aliphatic carbocycles. The number of nitrogens with one attached hydrogen (secondary N) is 2. The zero-order valence-corrected chi connectivity index (χ0v) is 12.2. The number of urea groups is 1. The van der Waals surface area contributed by atoms with Crippen LogP contribution in [-0.4, -0.2) is 53.2 Å². The first-order valence-corrected chi connectivity index (χ1v) is 6.84. The molecule has 0 saturated heterocycles. The number of pyridine rings is 1. The molecule has 0 radical (unpaired) electrons. The number of rotatable bonds is 5. The molecule has 0 bridgehead atoms. The molecule has 1 heterocycles. The van der Waals surface area contributed by atoms with Gasteiger partial charge in [0.15, 0.2) is 0 Å². The van der Waals surface area contributed by atoms with Crippen molar-refractivity contribution in [1.82, 2.24) is 15.2 Å². The number of hydrogen-bond donors (Lipinski definition) is 3. The number of hydrogen-bond acceptors (Lipinski definition) is 4. The lowest BCUT2D eigenvalue weighted by atomic mass is 9.75. The van der Waals surface area contributed by atoms with E-state index in [1.807, 2.05) is 14.1 Å². The third-order valence-electron chi connectivity index (χ3n) is 4.05. The van der Waals surface area contributed by atoms with Gasteiger partial charge in [0.05, 0.1) is 17.4 Å². The highest BCUT2D eigenvalue weighted by Crippen LogP contribution is 2.35. The van der Waals surface area contributed by atoms with Gasteiger partial charge < -0.3 is 20.6 Å². The van der Waals surface area contributed by atoms with E-state index in [4.69, 9.17) is 5.11 Å². The molecular weight excluding hydrogens is 272 g/mol. The van der Waals surface area contributed by atoms with Crippen LogP contribution < -0.4 is 10.6 Å². The maximum Gasteiger partial charge on any atom is 0.337 e. The summed E-state index contributed by atoms with van der Waals surface area (Å²) >= 11 is 0. The number of amides is 2. The van der Waals surface area contributed by atoms with Gasteiger partial charge in [-0.05, 0) is 39.4 Å². The monoisotopic (exact) mass is 292 g/mol. The number of carbonyl (C=O) groups excluding carboxylic acids is 1. The number of likely N-dealkylation sites (N-methyl/N-ethyl adjacent to an activating group) is 1. The number of aromatic nitrogens is 1. The minimum absolute atomic E-state index is 0.0385. The van der Waals surface area contributed by atoms with Gasteiger partial charge in [0.2, 0.25) is 0 Å². The molecular formula is C14H20N4O3. The molecule has 0 spiro atoms. The topological polar surface area (TPSA) is 94.6 Å². The summed E-state index contributed by atoms with van der Waals surface area (Å²) in [7, 11) is 4.03. The Labute approximate surface area is 123 Å². The normalized spacial score (nSPS) is 16.1. The molecule has 0 unspecified atom stereocenters. The van der Waals surface area contributed by atoms with Crippen molar-refractivity contribution in [3.05, 3.63) is 24.0 Å². The second kappa shape index (κ2) is 6.09.